The van der Waals surface area contributed by atoms with Gasteiger partial charge in [0.15, 0.2) is 0 Å². The molecule has 1 fully saturated rings. The van der Waals surface area contributed by atoms with Crippen LogP contribution in [0.1, 0.15) is 31.9 Å². The van der Waals surface area contributed by atoms with Crippen molar-refractivity contribution in [3.8, 4) is 11.4 Å². The lowest BCUT2D eigenvalue weighted by molar-refractivity contribution is 0.147. The summed E-state index contributed by atoms with van der Waals surface area (Å²) in [4.78, 5) is 22.2. The molecule has 2 amide bonds. The lowest BCUT2D eigenvalue weighted by Crippen LogP contribution is -2.44. The second-order valence-corrected chi connectivity index (χ2v) is 11.7. The topological polar surface area (TPSA) is 70.4 Å². The van der Waals surface area contributed by atoms with Gasteiger partial charge in [0, 0.05) is 62.6 Å². The van der Waals surface area contributed by atoms with Crippen LogP contribution in [0.3, 0.4) is 0 Å². The van der Waals surface area contributed by atoms with E-state index in [0.717, 1.165) is 79.5 Å². The number of carbonyl (C=O) groups excluding carboxylic acids is 1. The number of fused-ring (bicyclic) bond motifs is 5. The van der Waals surface area contributed by atoms with E-state index in [1.165, 1.54) is 11.1 Å². The quantitative estimate of drug-likeness (QED) is 0.395. The lowest BCUT2D eigenvalue weighted by Gasteiger charge is -2.34. The van der Waals surface area contributed by atoms with Crippen LogP contribution < -0.4 is 10.6 Å². The maximum atomic E-state index is 13.0. The highest BCUT2D eigenvalue weighted by atomic mass is 16.2. The molecular weight excluding hydrogens is 474 g/mol. The third kappa shape index (κ3) is 4.81. The van der Waals surface area contributed by atoms with E-state index in [1.54, 1.807) is 0 Å². The second kappa shape index (κ2) is 9.60. The van der Waals surface area contributed by atoms with Crippen LogP contribution in [-0.2, 0) is 25.0 Å². The fourth-order valence-electron chi connectivity index (χ4n) is 5.74. The van der Waals surface area contributed by atoms with E-state index in [9.17, 15) is 4.79 Å². The van der Waals surface area contributed by atoms with Crippen molar-refractivity contribution in [2.75, 3.05) is 43.9 Å². The van der Waals surface area contributed by atoms with E-state index in [-0.39, 0.29) is 11.4 Å². The number of amides is 2. The largest absolute Gasteiger partial charge is 0.337 e. The van der Waals surface area contributed by atoms with Crippen molar-refractivity contribution in [1.82, 2.24) is 23.9 Å². The molecule has 2 aliphatic heterocycles. The maximum Gasteiger partial charge on any atom is 0.323 e. The molecule has 8 nitrogen and oxygen atoms in total. The molecule has 0 saturated carbocycles. The van der Waals surface area contributed by atoms with Crippen LogP contribution in [0, 0.1) is 0 Å². The molecule has 0 aliphatic carbocycles. The molecule has 198 valence electrons. The smallest absolute Gasteiger partial charge is 0.323 e. The zero-order chi connectivity index (χ0) is 26.4. The molecule has 2 aromatic heterocycles. The highest BCUT2D eigenvalue weighted by molar-refractivity contribution is 6.01. The fraction of sp³-hybridized carbons (Fsp3) is 0.400. The molecule has 2 N–H and O–H groups in total. The molecule has 0 atom stereocenters. The number of imidazole rings is 1. The highest BCUT2D eigenvalue weighted by Gasteiger charge is 2.22. The molecule has 1 saturated heterocycles. The van der Waals surface area contributed by atoms with Crippen LogP contribution in [0.4, 0.5) is 16.2 Å². The summed E-state index contributed by atoms with van der Waals surface area (Å²) < 4.78 is 4.49. The number of piperazine rings is 1. The van der Waals surface area contributed by atoms with E-state index in [4.69, 9.17) is 0 Å². The number of rotatable bonds is 4. The van der Waals surface area contributed by atoms with Gasteiger partial charge in [0.1, 0.15) is 0 Å². The van der Waals surface area contributed by atoms with Gasteiger partial charge < -0.3 is 24.7 Å². The van der Waals surface area contributed by atoms with Gasteiger partial charge in [0.05, 0.1) is 29.4 Å². The Morgan fingerprint density at radius 3 is 2.39 bits per heavy atom. The van der Waals surface area contributed by atoms with Crippen LogP contribution >= 0.6 is 0 Å². The number of likely N-dealkylation sites (N-methyl/N-ethyl adjacent to an activating group) is 1. The Morgan fingerprint density at radius 1 is 0.895 bits per heavy atom. The molecule has 6 rings (SSSR count). The third-order valence-electron chi connectivity index (χ3n) is 7.87. The summed E-state index contributed by atoms with van der Waals surface area (Å²) >= 11 is 0. The summed E-state index contributed by atoms with van der Waals surface area (Å²) in [5.41, 5.74) is 7.58. The summed E-state index contributed by atoms with van der Waals surface area (Å²) in [5, 5.41) is 7.27. The molecule has 4 heterocycles. The van der Waals surface area contributed by atoms with Crippen molar-refractivity contribution in [3.05, 3.63) is 66.1 Å². The van der Waals surface area contributed by atoms with E-state index in [0.29, 0.717) is 0 Å². The van der Waals surface area contributed by atoms with Gasteiger partial charge in [-0.05, 0) is 53.9 Å². The molecule has 0 unspecified atom stereocenters. The minimum absolute atomic E-state index is 0.0232. The number of hydrogen-bond acceptors (Lipinski definition) is 4. The number of carbonyl (C=O) groups is 1. The molecule has 2 aromatic carbocycles. The van der Waals surface area contributed by atoms with Gasteiger partial charge >= 0.3 is 6.03 Å². The standard InChI is InChI=1S/C30H37N7O/c1-30(2,3)25-16-23(8-6-22(25)19-35-11-9-34(4)10-12-35)32-29(38)33-24-7-5-21-15-27-28-18-31-20-36(28)13-14-37(27)26(21)17-24/h5-8,15-18,20H,9-14,19H2,1-4H3,(H2,32,33,38). The first-order valence-electron chi connectivity index (χ1n) is 13.5. The highest BCUT2D eigenvalue weighted by Crippen LogP contribution is 2.33. The van der Waals surface area contributed by atoms with Crippen molar-refractivity contribution < 1.29 is 4.79 Å². The van der Waals surface area contributed by atoms with Crippen molar-refractivity contribution in [2.24, 2.45) is 0 Å². The first-order valence-corrected chi connectivity index (χ1v) is 13.5. The van der Waals surface area contributed by atoms with Crippen LogP contribution in [0.5, 0.6) is 0 Å². The average Bonchev–Trinajstić information content (AvgIpc) is 3.50. The molecule has 2 aliphatic rings. The number of aromatic nitrogens is 3. The third-order valence-corrected chi connectivity index (χ3v) is 7.87. The predicted octanol–water partition coefficient (Wildman–Crippen LogP) is 5.21. The average molecular weight is 512 g/mol. The number of anilines is 2. The Labute approximate surface area is 224 Å². The predicted molar refractivity (Wildman–Crippen MR) is 154 cm³/mol. The van der Waals surface area contributed by atoms with Gasteiger partial charge in [-0.25, -0.2) is 9.78 Å². The molecule has 8 heteroatoms. The monoisotopic (exact) mass is 511 g/mol. The second-order valence-electron chi connectivity index (χ2n) is 11.7. The zero-order valence-electron chi connectivity index (χ0n) is 22.8. The molecule has 0 spiro atoms. The number of urea groups is 1. The SMILES string of the molecule is CN1CCN(Cc2ccc(NC(=O)Nc3ccc4cc5n(c4c3)CCn3cncc3-5)cc2C(C)(C)C)CC1. The Balaban J connectivity index is 1.18. The first kappa shape index (κ1) is 24.7. The minimum Gasteiger partial charge on any atom is -0.337 e. The number of nitrogens with one attached hydrogen (secondary N) is 2. The van der Waals surface area contributed by atoms with Crippen molar-refractivity contribution in [1.29, 1.82) is 0 Å². The van der Waals surface area contributed by atoms with Crippen LogP contribution in [0.15, 0.2) is 55.0 Å². The van der Waals surface area contributed by atoms with E-state index in [2.05, 4.69) is 92.7 Å². The van der Waals surface area contributed by atoms with E-state index < -0.39 is 0 Å². The number of hydrogen-bond donors (Lipinski definition) is 2. The van der Waals surface area contributed by atoms with Crippen molar-refractivity contribution in [3.63, 3.8) is 0 Å². The first-order chi connectivity index (χ1) is 18.2. The van der Waals surface area contributed by atoms with Gasteiger partial charge in [0.25, 0.3) is 0 Å². The fourth-order valence-corrected chi connectivity index (χ4v) is 5.74. The van der Waals surface area contributed by atoms with Crippen LogP contribution in [0.25, 0.3) is 22.3 Å². The number of nitrogens with zero attached hydrogens (tertiary/aromatic N) is 5. The number of aryl methyl sites for hydroxylation is 2. The molecule has 4 aromatic rings. The summed E-state index contributed by atoms with van der Waals surface area (Å²) in [6.07, 6.45) is 3.80. The van der Waals surface area contributed by atoms with Gasteiger partial charge in [-0.15, -0.1) is 0 Å². The minimum atomic E-state index is -0.237. The Bertz CT molecular complexity index is 1480. The Kier molecular flexibility index (Phi) is 6.24. The van der Waals surface area contributed by atoms with Crippen LogP contribution in [-0.4, -0.2) is 63.2 Å². The molecular formula is C30H37N7O. The van der Waals surface area contributed by atoms with Gasteiger partial charge in [-0.3, -0.25) is 4.90 Å². The molecule has 0 bridgehead atoms. The summed E-state index contributed by atoms with van der Waals surface area (Å²) in [7, 11) is 2.18. The van der Waals surface area contributed by atoms with Gasteiger partial charge in [-0.1, -0.05) is 32.9 Å². The Hall–Kier alpha value is -3.62. The summed E-state index contributed by atoms with van der Waals surface area (Å²) in [6.45, 7) is 13.8. The molecule has 38 heavy (non-hydrogen) atoms. The zero-order valence-corrected chi connectivity index (χ0v) is 22.8. The van der Waals surface area contributed by atoms with E-state index >= 15 is 0 Å². The molecule has 0 radical (unpaired) electrons. The maximum absolute atomic E-state index is 13.0. The lowest BCUT2D eigenvalue weighted by atomic mass is 9.83. The normalized spacial score (nSPS) is 16.3. The summed E-state index contributed by atoms with van der Waals surface area (Å²) in [6, 6.07) is 14.4. The van der Waals surface area contributed by atoms with Gasteiger partial charge in [-0.2, -0.15) is 0 Å². The van der Waals surface area contributed by atoms with E-state index in [1.807, 2.05) is 24.7 Å². The van der Waals surface area contributed by atoms with Crippen molar-refractivity contribution >= 4 is 28.3 Å². The van der Waals surface area contributed by atoms with Crippen LogP contribution in [0.2, 0.25) is 0 Å². The van der Waals surface area contributed by atoms with Crippen molar-refractivity contribution in [2.45, 2.75) is 45.8 Å². The number of benzene rings is 2. The van der Waals surface area contributed by atoms with Gasteiger partial charge in [0.2, 0.25) is 0 Å². The summed E-state index contributed by atoms with van der Waals surface area (Å²) in [5.74, 6) is 0. The Morgan fingerprint density at radius 2 is 1.63 bits per heavy atom.